The molecule has 6 rings (SSSR count). The number of benzene rings is 3. The second kappa shape index (κ2) is 15.6. The van der Waals surface area contributed by atoms with E-state index in [1.165, 1.54) is 0 Å². The van der Waals surface area contributed by atoms with Crippen molar-refractivity contribution in [3.63, 3.8) is 0 Å². The van der Waals surface area contributed by atoms with Crippen molar-refractivity contribution in [2.24, 2.45) is 5.92 Å². The summed E-state index contributed by atoms with van der Waals surface area (Å²) in [5, 5.41) is 12.6. The fourth-order valence-electron chi connectivity index (χ4n) is 6.75. The van der Waals surface area contributed by atoms with Crippen molar-refractivity contribution in [1.82, 2.24) is 15.2 Å². The van der Waals surface area contributed by atoms with Gasteiger partial charge in [0.25, 0.3) is 5.91 Å². The van der Waals surface area contributed by atoms with Crippen LogP contribution in [0.1, 0.15) is 85.5 Å². The highest BCUT2D eigenvalue weighted by Gasteiger charge is 2.42. The number of ether oxygens (including phenoxy) is 3. The Hall–Kier alpha value is -4.41. The Morgan fingerprint density at radius 1 is 0.940 bits per heavy atom. The number of aromatic nitrogens is 1. The van der Waals surface area contributed by atoms with Crippen molar-refractivity contribution >= 4 is 11.9 Å². The number of rotatable bonds is 10. The molecule has 0 spiro atoms. The maximum atomic E-state index is 13.2. The van der Waals surface area contributed by atoms with Gasteiger partial charge in [-0.05, 0) is 92.2 Å². The lowest BCUT2D eigenvalue weighted by molar-refractivity contribution is -0.276. The summed E-state index contributed by atoms with van der Waals surface area (Å²) in [7, 11) is 0. The maximum Gasteiger partial charge on any atom is 0.323 e. The number of hydrogen-bond acceptors (Lipinski definition) is 8. The number of pyridine rings is 1. The summed E-state index contributed by atoms with van der Waals surface area (Å²) < 4.78 is 19.3. The van der Waals surface area contributed by atoms with Crippen molar-refractivity contribution in [2.45, 2.75) is 83.8 Å². The number of carbonyl (C=O) groups is 2. The predicted octanol–water partition coefficient (Wildman–Crippen LogP) is 6.77. The van der Waals surface area contributed by atoms with Gasteiger partial charge >= 0.3 is 5.97 Å². The molecule has 5 atom stereocenters. The third-order valence-electron chi connectivity index (χ3n) is 9.38. The van der Waals surface area contributed by atoms with Gasteiger partial charge in [0.05, 0.1) is 24.4 Å². The van der Waals surface area contributed by atoms with Gasteiger partial charge in [-0.15, -0.1) is 0 Å². The topological polar surface area (TPSA) is 110 Å². The molecular formula is C41H47N3O6. The van der Waals surface area contributed by atoms with E-state index < -0.39 is 11.9 Å². The average Bonchev–Trinajstić information content (AvgIpc) is 3.60. The molecule has 0 bridgehead atoms. The van der Waals surface area contributed by atoms with Crippen LogP contribution < -0.4 is 5.32 Å². The zero-order chi connectivity index (χ0) is 35.3. The molecule has 0 unspecified atom stereocenters. The highest BCUT2D eigenvalue weighted by atomic mass is 16.7. The van der Waals surface area contributed by atoms with E-state index in [9.17, 15) is 14.7 Å². The zero-order valence-corrected chi connectivity index (χ0v) is 29.2. The lowest BCUT2D eigenvalue weighted by Gasteiger charge is -2.43. The van der Waals surface area contributed by atoms with Crippen LogP contribution in [0.5, 0.6) is 0 Å². The molecule has 3 heterocycles. The highest BCUT2D eigenvalue weighted by Crippen LogP contribution is 2.43. The molecule has 0 saturated carbocycles. The Kier molecular flexibility index (Phi) is 11.1. The van der Waals surface area contributed by atoms with Crippen molar-refractivity contribution in [3.8, 4) is 11.1 Å². The van der Waals surface area contributed by atoms with Crippen LogP contribution in [0, 0.1) is 5.92 Å². The van der Waals surface area contributed by atoms with E-state index in [1.54, 1.807) is 24.5 Å². The summed E-state index contributed by atoms with van der Waals surface area (Å²) in [6.07, 6.45) is 3.73. The average molecular weight is 678 g/mol. The van der Waals surface area contributed by atoms with Gasteiger partial charge in [0, 0.05) is 37.0 Å². The smallest absolute Gasteiger partial charge is 0.323 e. The molecule has 2 fully saturated rings. The minimum absolute atomic E-state index is 0.0205. The normalized spacial score (nSPS) is 22.6. The van der Waals surface area contributed by atoms with E-state index >= 15 is 0 Å². The molecule has 1 amide bonds. The first-order valence-electron chi connectivity index (χ1n) is 17.4. The number of nitrogens with zero attached hydrogens (tertiary/aromatic N) is 2. The molecule has 3 aromatic carbocycles. The van der Waals surface area contributed by atoms with E-state index in [-0.39, 0.29) is 42.7 Å². The number of amides is 1. The van der Waals surface area contributed by atoms with Crippen molar-refractivity contribution in [2.75, 3.05) is 13.1 Å². The molecule has 50 heavy (non-hydrogen) atoms. The Labute approximate surface area is 294 Å². The maximum absolute atomic E-state index is 13.2. The van der Waals surface area contributed by atoms with E-state index in [0.717, 1.165) is 52.8 Å². The lowest BCUT2D eigenvalue weighted by Crippen LogP contribution is -2.48. The molecule has 0 radical (unpaired) electrons. The van der Waals surface area contributed by atoms with Crippen LogP contribution in [-0.2, 0) is 32.2 Å². The number of esters is 1. The highest BCUT2D eigenvalue weighted by molar-refractivity contribution is 5.93. The molecule has 2 aliphatic rings. The van der Waals surface area contributed by atoms with Gasteiger partial charge in [-0.25, -0.2) is 0 Å². The van der Waals surface area contributed by atoms with Gasteiger partial charge in [-0.2, -0.15) is 0 Å². The summed E-state index contributed by atoms with van der Waals surface area (Å²) in [6, 6.07) is 27.3. The van der Waals surface area contributed by atoms with E-state index in [4.69, 9.17) is 14.2 Å². The fourth-order valence-corrected chi connectivity index (χ4v) is 6.75. The summed E-state index contributed by atoms with van der Waals surface area (Å²) in [4.78, 5) is 32.0. The number of aliphatic hydroxyl groups excluding tert-OH is 1. The molecule has 2 N–H and O–H groups in total. The first-order valence-corrected chi connectivity index (χ1v) is 17.4. The van der Waals surface area contributed by atoms with E-state index in [1.807, 2.05) is 69.3 Å². The minimum atomic E-state index is -0.650. The standard InChI is InChI=1S/C41H47N3O6/c1-27-36(25-44-20-8-14-35(44)39(47)50-41(2,3)4)48-40(49-37(27)30-17-15-28(26-45)16-18-30)33-12-6-11-32(22-33)31-10-5-9-29(21-31)23-43-38(46)34-13-7-19-42-24-34/h5-7,9-13,15-19,21-22,24,27,35-37,40,45H,8,14,20,23,25-26H2,1-4H3,(H,43,46)/t27-,35-,36+,37+,40+/m0/s1. The summed E-state index contributed by atoms with van der Waals surface area (Å²) >= 11 is 0. The zero-order valence-electron chi connectivity index (χ0n) is 29.2. The van der Waals surface area contributed by atoms with Crippen molar-refractivity contribution in [1.29, 1.82) is 0 Å². The second-order valence-corrected chi connectivity index (χ2v) is 14.3. The predicted molar refractivity (Wildman–Crippen MR) is 191 cm³/mol. The monoisotopic (exact) mass is 677 g/mol. The number of aliphatic hydroxyl groups is 1. The third kappa shape index (κ3) is 8.65. The van der Waals surface area contributed by atoms with Gasteiger partial charge in [-0.3, -0.25) is 19.5 Å². The number of nitrogens with one attached hydrogen (secondary N) is 1. The molecule has 2 saturated heterocycles. The van der Waals surface area contributed by atoms with Gasteiger partial charge in [0.2, 0.25) is 0 Å². The third-order valence-corrected chi connectivity index (χ3v) is 9.38. The lowest BCUT2D eigenvalue weighted by atomic mass is 9.89. The molecule has 1 aromatic heterocycles. The van der Waals surface area contributed by atoms with Crippen molar-refractivity contribution in [3.05, 3.63) is 125 Å². The minimum Gasteiger partial charge on any atom is -0.459 e. The molecule has 0 aliphatic carbocycles. The van der Waals surface area contributed by atoms with Gasteiger partial charge < -0.3 is 24.6 Å². The molecule has 2 aliphatic heterocycles. The number of carbonyl (C=O) groups excluding carboxylic acids is 2. The summed E-state index contributed by atoms with van der Waals surface area (Å²) in [5.74, 6) is -0.380. The fraction of sp³-hybridized carbons (Fsp3) is 0.390. The van der Waals surface area contributed by atoms with Crippen molar-refractivity contribution < 1.29 is 28.9 Å². The summed E-state index contributed by atoms with van der Waals surface area (Å²) in [5.41, 5.74) is 5.68. The van der Waals surface area contributed by atoms with Crippen LogP contribution in [0.3, 0.4) is 0 Å². The quantitative estimate of drug-likeness (QED) is 0.177. The molecule has 4 aromatic rings. The SMILES string of the molecule is C[C@H]1[C@@H](CN2CCC[C@H]2C(=O)OC(C)(C)C)O[C@@H](c2cccc(-c3cccc(CNC(=O)c4cccnc4)c3)c2)O[C@H]1c1ccc(CO)cc1. The van der Waals surface area contributed by atoms with E-state index in [0.29, 0.717) is 18.7 Å². The Bertz CT molecular complexity index is 1760. The first kappa shape index (κ1) is 35.4. The van der Waals surface area contributed by atoms with Gasteiger partial charge in [0.15, 0.2) is 6.29 Å². The first-order chi connectivity index (χ1) is 24.1. The molecule has 9 heteroatoms. The Morgan fingerprint density at radius 3 is 2.42 bits per heavy atom. The van der Waals surface area contributed by atoms with Crippen LogP contribution in [-0.4, -0.2) is 57.7 Å². The largest absolute Gasteiger partial charge is 0.459 e. The second-order valence-electron chi connectivity index (χ2n) is 14.3. The van der Waals surface area contributed by atoms with Crippen LogP contribution in [0.15, 0.2) is 97.3 Å². The Balaban J connectivity index is 1.23. The molecule has 9 nitrogen and oxygen atoms in total. The number of hydrogen-bond donors (Lipinski definition) is 2. The van der Waals surface area contributed by atoms with E-state index in [2.05, 4.69) is 46.4 Å². The van der Waals surface area contributed by atoms with Crippen LogP contribution in [0.2, 0.25) is 0 Å². The van der Waals surface area contributed by atoms with Crippen LogP contribution in [0.25, 0.3) is 11.1 Å². The van der Waals surface area contributed by atoms with Crippen LogP contribution >= 0.6 is 0 Å². The Morgan fingerprint density at radius 2 is 1.70 bits per heavy atom. The van der Waals surface area contributed by atoms with Gasteiger partial charge in [-0.1, -0.05) is 67.6 Å². The molecular weight excluding hydrogens is 630 g/mol. The van der Waals surface area contributed by atoms with Crippen LogP contribution in [0.4, 0.5) is 0 Å². The molecule has 262 valence electrons. The summed E-state index contributed by atoms with van der Waals surface area (Å²) in [6.45, 7) is 9.56. The van der Waals surface area contributed by atoms with Gasteiger partial charge in [0.1, 0.15) is 11.6 Å². The number of likely N-dealkylation sites (tertiary alicyclic amines) is 1.